The Balaban J connectivity index is 2.25. The number of amides is 1. The van der Waals surface area contributed by atoms with E-state index in [0.717, 1.165) is 24.2 Å². The zero-order valence-corrected chi connectivity index (χ0v) is 10.1. The number of anilines is 1. The highest BCUT2D eigenvalue weighted by Gasteiger charge is 2.17. The summed E-state index contributed by atoms with van der Waals surface area (Å²) in [6.07, 6.45) is 1.06. The fourth-order valence-electron chi connectivity index (χ4n) is 1.86. The Hall–Kier alpha value is -1.51. The summed E-state index contributed by atoms with van der Waals surface area (Å²) in [4.78, 5) is 13.8. The van der Waals surface area contributed by atoms with Crippen molar-refractivity contribution in [3.05, 3.63) is 29.3 Å². The Labute approximate surface area is 96.5 Å². The normalized spacial score (nSPS) is 13.5. The quantitative estimate of drug-likeness (QED) is 0.824. The molecule has 1 aromatic carbocycles. The molecule has 0 bridgehead atoms. The van der Waals surface area contributed by atoms with Crippen LogP contribution in [0.1, 0.15) is 29.8 Å². The second-order valence-corrected chi connectivity index (χ2v) is 4.56. The summed E-state index contributed by atoms with van der Waals surface area (Å²) >= 11 is 0. The third-order valence-electron chi connectivity index (χ3n) is 3.16. The molecule has 0 unspecified atom stereocenters. The van der Waals surface area contributed by atoms with Gasteiger partial charge in [0.15, 0.2) is 0 Å². The third kappa shape index (κ3) is 1.90. The standard InChI is InChI=1S/C13H18N2O/c1-9(2)15(3)13(16)11-5-4-10-6-7-14-12(10)8-11/h4-5,8-9,14H,6-7H2,1-3H3. The topological polar surface area (TPSA) is 32.3 Å². The SMILES string of the molecule is CC(C)N(C)C(=O)c1ccc2c(c1)NCC2. The van der Waals surface area contributed by atoms with Crippen LogP contribution in [0.25, 0.3) is 0 Å². The van der Waals surface area contributed by atoms with Gasteiger partial charge in [0.25, 0.3) is 5.91 Å². The van der Waals surface area contributed by atoms with Crippen LogP contribution in [-0.4, -0.2) is 30.4 Å². The molecule has 1 aliphatic rings. The molecule has 1 aliphatic heterocycles. The first-order chi connectivity index (χ1) is 7.59. The molecule has 0 spiro atoms. The van der Waals surface area contributed by atoms with Crippen LogP contribution in [0.2, 0.25) is 0 Å². The molecular weight excluding hydrogens is 200 g/mol. The van der Waals surface area contributed by atoms with Gasteiger partial charge in [-0.1, -0.05) is 6.07 Å². The van der Waals surface area contributed by atoms with Crippen LogP contribution in [-0.2, 0) is 6.42 Å². The molecule has 0 saturated heterocycles. The van der Waals surface area contributed by atoms with Crippen molar-refractivity contribution in [1.82, 2.24) is 4.90 Å². The Kier molecular flexibility index (Phi) is 2.86. The van der Waals surface area contributed by atoms with E-state index >= 15 is 0 Å². The lowest BCUT2D eigenvalue weighted by Gasteiger charge is -2.21. The van der Waals surface area contributed by atoms with Crippen LogP contribution >= 0.6 is 0 Å². The molecule has 0 fully saturated rings. The van der Waals surface area contributed by atoms with Crippen molar-refractivity contribution in [3.63, 3.8) is 0 Å². The number of nitrogens with one attached hydrogen (secondary N) is 1. The van der Waals surface area contributed by atoms with Crippen molar-refractivity contribution in [1.29, 1.82) is 0 Å². The molecule has 86 valence electrons. The predicted octanol–water partition coefficient (Wildman–Crippen LogP) is 2.13. The fourth-order valence-corrected chi connectivity index (χ4v) is 1.86. The molecule has 1 amide bonds. The summed E-state index contributed by atoms with van der Waals surface area (Å²) < 4.78 is 0. The number of fused-ring (bicyclic) bond motifs is 1. The molecule has 0 aromatic heterocycles. The molecule has 16 heavy (non-hydrogen) atoms. The second-order valence-electron chi connectivity index (χ2n) is 4.56. The van der Waals surface area contributed by atoms with E-state index in [-0.39, 0.29) is 11.9 Å². The highest BCUT2D eigenvalue weighted by molar-refractivity contribution is 5.95. The summed E-state index contributed by atoms with van der Waals surface area (Å²) in [5.41, 5.74) is 3.19. The molecule has 3 nitrogen and oxygen atoms in total. The number of rotatable bonds is 2. The molecule has 0 radical (unpaired) electrons. The van der Waals surface area contributed by atoms with E-state index in [1.54, 1.807) is 4.90 Å². The van der Waals surface area contributed by atoms with Crippen LogP contribution in [0.5, 0.6) is 0 Å². The van der Waals surface area contributed by atoms with Crippen molar-refractivity contribution in [2.75, 3.05) is 18.9 Å². The number of benzene rings is 1. The largest absolute Gasteiger partial charge is 0.384 e. The fraction of sp³-hybridized carbons (Fsp3) is 0.462. The molecule has 1 aromatic rings. The first-order valence-corrected chi connectivity index (χ1v) is 5.73. The van der Waals surface area contributed by atoms with Crippen LogP contribution in [0.4, 0.5) is 5.69 Å². The van der Waals surface area contributed by atoms with E-state index in [9.17, 15) is 4.79 Å². The summed E-state index contributed by atoms with van der Waals surface area (Å²) in [7, 11) is 1.84. The number of nitrogens with zero attached hydrogens (tertiary/aromatic N) is 1. The molecular formula is C13H18N2O. The first kappa shape index (κ1) is 11.0. The smallest absolute Gasteiger partial charge is 0.253 e. The van der Waals surface area contributed by atoms with Gasteiger partial charge in [-0.3, -0.25) is 4.79 Å². The van der Waals surface area contributed by atoms with E-state index in [0.29, 0.717) is 0 Å². The molecule has 3 heteroatoms. The van der Waals surface area contributed by atoms with Gasteiger partial charge in [-0.2, -0.15) is 0 Å². The van der Waals surface area contributed by atoms with Crippen molar-refractivity contribution in [3.8, 4) is 0 Å². The van der Waals surface area contributed by atoms with E-state index in [4.69, 9.17) is 0 Å². The number of hydrogen-bond donors (Lipinski definition) is 1. The van der Waals surface area contributed by atoms with Gasteiger partial charge in [-0.25, -0.2) is 0 Å². The maximum atomic E-state index is 12.1. The average Bonchev–Trinajstić information content (AvgIpc) is 2.73. The van der Waals surface area contributed by atoms with Gasteiger partial charge < -0.3 is 10.2 Å². The van der Waals surface area contributed by atoms with Crippen molar-refractivity contribution >= 4 is 11.6 Å². The Morgan fingerprint density at radius 3 is 2.88 bits per heavy atom. The Bertz CT molecular complexity index is 412. The van der Waals surface area contributed by atoms with Crippen LogP contribution in [0, 0.1) is 0 Å². The van der Waals surface area contributed by atoms with E-state index in [2.05, 4.69) is 11.4 Å². The lowest BCUT2D eigenvalue weighted by atomic mass is 10.1. The Morgan fingerprint density at radius 1 is 1.44 bits per heavy atom. The molecule has 0 atom stereocenters. The van der Waals surface area contributed by atoms with Crippen molar-refractivity contribution < 1.29 is 4.79 Å². The van der Waals surface area contributed by atoms with Crippen molar-refractivity contribution in [2.45, 2.75) is 26.3 Å². The van der Waals surface area contributed by atoms with E-state index in [1.165, 1.54) is 5.56 Å². The first-order valence-electron chi connectivity index (χ1n) is 5.73. The molecule has 1 N–H and O–H groups in total. The lowest BCUT2D eigenvalue weighted by molar-refractivity contribution is 0.0755. The van der Waals surface area contributed by atoms with E-state index in [1.807, 2.05) is 33.0 Å². The summed E-state index contributed by atoms with van der Waals surface area (Å²) in [5, 5.41) is 3.29. The van der Waals surface area contributed by atoms with Crippen molar-refractivity contribution in [2.24, 2.45) is 0 Å². The zero-order chi connectivity index (χ0) is 11.7. The lowest BCUT2D eigenvalue weighted by Crippen LogP contribution is -2.32. The minimum Gasteiger partial charge on any atom is -0.384 e. The van der Waals surface area contributed by atoms with Crippen LogP contribution < -0.4 is 5.32 Å². The van der Waals surface area contributed by atoms with Gasteiger partial charge in [-0.05, 0) is 38.0 Å². The summed E-state index contributed by atoms with van der Waals surface area (Å²) in [6.45, 7) is 5.01. The second kappa shape index (κ2) is 4.16. The predicted molar refractivity (Wildman–Crippen MR) is 65.9 cm³/mol. The number of carbonyl (C=O) groups is 1. The van der Waals surface area contributed by atoms with Gasteiger partial charge >= 0.3 is 0 Å². The molecule has 0 aliphatic carbocycles. The van der Waals surface area contributed by atoms with Crippen LogP contribution in [0.3, 0.4) is 0 Å². The van der Waals surface area contributed by atoms with E-state index < -0.39 is 0 Å². The minimum atomic E-state index is 0.0894. The van der Waals surface area contributed by atoms with Gasteiger partial charge in [-0.15, -0.1) is 0 Å². The summed E-state index contributed by atoms with van der Waals surface area (Å²) in [5.74, 6) is 0.0894. The van der Waals surface area contributed by atoms with Gasteiger partial charge in [0.2, 0.25) is 0 Å². The maximum Gasteiger partial charge on any atom is 0.253 e. The highest BCUT2D eigenvalue weighted by atomic mass is 16.2. The van der Waals surface area contributed by atoms with Gasteiger partial charge in [0.1, 0.15) is 0 Å². The molecule has 0 saturated carbocycles. The van der Waals surface area contributed by atoms with Gasteiger partial charge in [0.05, 0.1) is 0 Å². The minimum absolute atomic E-state index is 0.0894. The Morgan fingerprint density at radius 2 is 2.19 bits per heavy atom. The average molecular weight is 218 g/mol. The summed E-state index contributed by atoms with van der Waals surface area (Å²) in [6, 6.07) is 6.17. The third-order valence-corrected chi connectivity index (χ3v) is 3.16. The highest BCUT2D eigenvalue weighted by Crippen LogP contribution is 2.23. The maximum absolute atomic E-state index is 12.1. The molecule has 1 heterocycles. The number of hydrogen-bond acceptors (Lipinski definition) is 2. The number of carbonyl (C=O) groups excluding carboxylic acids is 1. The van der Waals surface area contributed by atoms with Crippen LogP contribution in [0.15, 0.2) is 18.2 Å². The zero-order valence-electron chi connectivity index (χ0n) is 10.1. The molecule has 2 rings (SSSR count). The van der Waals surface area contributed by atoms with Gasteiger partial charge in [0, 0.05) is 30.9 Å². The monoisotopic (exact) mass is 218 g/mol.